The van der Waals surface area contributed by atoms with Crippen LogP contribution in [0.25, 0.3) is 4.96 Å². The summed E-state index contributed by atoms with van der Waals surface area (Å²) >= 11 is 1.63. The standard InChI is InChI=1S/C15H16N2OS/c1-11-2-4-12(5-3-11)13(10-18)8-14-9-17-6-7-19-15(17)16-14/h2-7,9,13,18H,8,10H2,1H3. The number of aliphatic hydroxyl groups excluding tert-OH is 1. The maximum Gasteiger partial charge on any atom is 0.193 e. The van der Waals surface area contributed by atoms with Crippen molar-refractivity contribution in [1.82, 2.24) is 9.38 Å². The van der Waals surface area contributed by atoms with Crippen molar-refractivity contribution in [2.45, 2.75) is 19.3 Å². The number of fused-ring (bicyclic) bond motifs is 1. The Bertz CT molecular complexity index is 640. The van der Waals surface area contributed by atoms with Crippen molar-refractivity contribution in [2.24, 2.45) is 0 Å². The van der Waals surface area contributed by atoms with Gasteiger partial charge in [0.2, 0.25) is 0 Å². The molecule has 0 saturated carbocycles. The molecule has 19 heavy (non-hydrogen) atoms. The molecule has 98 valence electrons. The third-order valence-corrected chi connectivity index (χ3v) is 4.14. The predicted octanol–water partition coefficient (Wildman–Crippen LogP) is 3.02. The van der Waals surface area contributed by atoms with Crippen molar-refractivity contribution in [3.63, 3.8) is 0 Å². The van der Waals surface area contributed by atoms with E-state index in [2.05, 4.69) is 36.2 Å². The average molecular weight is 272 g/mol. The van der Waals surface area contributed by atoms with E-state index in [-0.39, 0.29) is 12.5 Å². The number of thiazole rings is 1. The van der Waals surface area contributed by atoms with Gasteiger partial charge in [0, 0.05) is 30.1 Å². The van der Waals surface area contributed by atoms with Crippen molar-refractivity contribution in [3.05, 3.63) is 58.9 Å². The van der Waals surface area contributed by atoms with Crippen LogP contribution in [-0.4, -0.2) is 21.1 Å². The number of aliphatic hydroxyl groups is 1. The highest BCUT2D eigenvalue weighted by molar-refractivity contribution is 7.15. The van der Waals surface area contributed by atoms with Gasteiger partial charge < -0.3 is 5.11 Å². The molecular weight excluding hydrogens is 256 g/mol. The molecule has 0 fully saturated rings. The molecule has 4 heteroatoms. The van der Waals surface area contributed by atoms with Gasteiger partial charge in [0.15, 0.2) is 4.96 Å². The van der Waals surface area contributed by atoms with Crippen molar-refractivity contribution in [2.75, 3.05) is 6.61 Å². The summed E-state index contributed by atoms with van der Waals surface area (Å²) in [6.45, 7) is 2.22. The van der Waals surface area contributed by atoms with Gasteiger partial charge in [-0.2, -0.15) is 0 Å². The summed E-state index contributed by atoms with van der Waals surface area (Å²) in [6.07, 6.45) is 4.83. The lowest BCUT2D eigenvalue weighted by molar-refractivity contribution is 0.264. The second-order valence-electron chi connectivity index (χ2n) is 4.82. The maximum absolute atomic E-state index is 9.60. The molecule has 0 radical (unpaired) electrons. The summed E-state index contributed by atoms with van der Waals surface area (Å²) in [4.78, 5) is 5.58. The minimum Gasteiger partial charge on any atom is -0.396 e. The Morgan fingerprint density at radius 1 is 1.32 bits per heavy atom. The molecule has 1 atom stereocenters. The van der Waals surface area contributed by atoms with Crippen molar-refractivity contribution in [3.8, 4) is 0 Å². The SMILES string of the molecule is Cc1ccc(C(CO)Cc2cn3ccsc3n2)cc1. The number of benzene rings is 1. The molecule has 0 aliphatic heterocycles. The highest BCUT2D eigenvalue weighted by Gasteiger charge is 2.13. The third-order valence-electron chi connectivity index (χ3n) is 3.37. The Hall–Kier alpha value is -1.65. The van der Waals surface area contributed by atoms with Crippen molar-refractivity contribution < 1.29 is 5.11 Å². The van der Waals surface area contributed by atoms with Gasteiger partial charge in [-0.15, -0.1) is 11.3 Å². The summed E-state index contributed by atoms with van der Waals surface area (Å²) in [5, 5.41) is 11.6. The van der Waals surface area contributed by atoms with Crippen LogP contribution in [0.3, 0.4) is 0 Å². The topological polar surface area (TPSA) is 37.5 Å². The van der Waals surface area contributed by atoms with E-state index in [1.54, 1.807) is 11.3 Å². The number of imidazole rings is 1. The van der Waals surface area contributed by atoms with Gasteiger partial charge >= 0.3 is 0 Å². The summed E-state index contributed by atoms with van der Waals surface area (Å²) in [6, 6.07) is 8.36. The van der Waals surface area contributed by atoms with E-state index in [0.717, 1.165) is 17.1 Å². The van der Waals surface area contributed by atoms with Crippen LogP contribution in [0.1, 0.15) is 22.7 Å². The largest absolute Gasteiger partial charge is 0.396 e. The minimum atomic E-state index is 0.116. The average Bonchev–Trinajstić information content (AvgIpc) is 2.98. The Balaban J connectivity index is 1.83. The zero-order valence-corrected chi connectivity index (χ0v) is 11.6. The lowest BCUT2D eigenvalue weighted by Crippen LogP contribution is -2.08. The fraction of sp³-hybridized carbons (Fsp3) is 0.267. The molecular formula is C15H16N2OS. The van der Waals surface area contributed by atoms with Gasteiger partial charge in [-0.05, 0) is 12.5 Å². The van der Waals surface area contributed by atoms with Crippen LogP contribution in [0.2, 0.25) is 0 Å². The van der Waals surface area contributed by atoms with E-state index in [4.69, 9.17) is 0 Å². The minimum absolute atomic E-state index is 0.116. The first-order chi connectivity index (χ1) is 9.26. The smallest absolute Gasteiger partial charge is 0.193 e. The highest BCUT2D eigenvalue weighted by Crippen LogP contribution is 2.22. The monoisotopic (exact) mass is 272 g/mol. The summed E-state index contributed by atoms with van der Waals surface area (Å²) in [7, 11) is 0. The van der Waals surface area contributed by atoms with Crippen LogP contribution in [0.4, 0.5) is 0 Å². The van der Waals surface area contributed by atoms with Gasteiger partial charge in [0.05, 0.1) is 12.3 Å². The maximum atomic E-state index is 9.60. The summed E-state index contributed by atoms with van der Waals surface area (Å²) < 4.78 is 2.03. The van der Waals surface area contributed by atoms with Gasteiger partial charge in [-0.3, -0.25) is 4.40 Å². The Labute approximate surface area is 116 Å². The van der Waals surface area contributed by atoms with E-state index >= 15 is 0 Å². The van der Waals surface area contributed by atoms with Gasteiger partial charge in [-0.25, -0.2) is 4.98 Å². The van der Waals surface area contributed by atoms with Crippen LogP contribution in [0, 0.1) is 6.92 Å². The second-order valence-corrected chi connectivity index (χ2v) is 5.69. The van der Waals surface area contributed by atoms with Crippen molar-refractivity contribution >= 4 is 16.3 Å². The molecule has 3 nitrogen and oxygen atoms in total. The quantitative estimate of drug-likeness (QED) is 0.792. The number of nitrogens with zero attached hydrogens (tertiary/aromatic N) is 2. The molecule has 3 aromatic rings. The molecule has 2 heterocycles. The lowest BCUT2D eigenvalue weighted by Gasteiger charge is -2.13. The van der Waals surface area contributed by atoms with E-state index in [1.807, 2.05) is 22.2 Å². The first-order valence-corrected chi connectivity index (χ1v) is 7.23. The van der Waals surface area contributed by atoms with E-state index < -0.39 is 0 Å². The summed E-state index contributed by atoms with van der Waals surface area (Å²) in [5.74, 6) is 0.116. The number of hydrogen-bond donors (Lipinski definition) is 1. The molecule has 1 aromatic carbocycles. The molecule has 2 aromatic heterocycles. The Morgan fingerprint density at radius 2 is 2.11 bits per heavy atom. The van der Waals surface area contributed by atoms with E-state index in [0.29, 0.717) is 0 Å². The van der Waals surface area contributed by atoms with E-state index in [1.165, 1.54) is 11.1 Å². The number of aromatic nitrogens is 2. The van der Waals surface area contributed by atoms with E-state index in [9.17, 15) is 5.11 Å². The fourth-order valence-electron chi connectivity index (χ4n) is 2.25. The molecule has 0 saturated heterocycles. The predicted molar refractivity (Wildman–Crippen MR) is 77.8 cm³/mol. The first-order valence-electron chi connectivity index (χ1n) is 6.35. The van der Waals surface area contributed by atoms with Crippen molar-refractivity contribution in [1.29, 1.82) is 0 Å². The molecule has 0 aliphatic rings. The molecule has 0 aliphatic carbocycles. The fourth-order valence-corrected chi connectivity index (χ4v) is 2.97. The van der Waals surface area contributed by atoms with Gasteiger partial charge in [0.1, 0.15) is 0 Å². The number of aryl methyl sites for hydroxylation is 1. The lowest BCUT2D eigenvalue weighted by atomic mass is 9.94. The zero-order chi connectivity index (χ0) is 13.2. The van der Waals surface area contributed by atoms with Gasteiger partial charge in [-0.1, -0.05) is 29.8 Å². The molecule has 0 bridgehead atoms. The van der Waals surface area contributed by atoms with Crippen LogP contribution in [0.15, 0.2) is 42.0 Å². The van der Waals surface area contributed by atoms with Crippen LogP contribution >= 0.6 is 11.3 Å². The highest BCUT2D eigenvalue weighted by atomic mass is 32.1. The van der Waals surface area contributed by atoms with Crippen LogP contribution in [0.5, 0.6) is 0 Å². The third kappa shape index (κ3) is 2.55. The van der Waals surface area contributed by atoms with Gasteiger partial charge in [0.25, 0.3) is 0 Å². The molecule has 1 unspecified atom stereocenters. The molecule has 0 amide bonds. The second kappa shape index (κ2) is 5.15. The number of hydrogen-bond acceptors (Lipinski definition) is 3. The Kier molecular flexibility index (Phi) is 3.36. The number of rotatable bonds is 4. The van der Waals surface area contributed by atoms with Crippen LogP contribution < -0.4 is 0 Å². The summed E-state index contributed by atoms with van der Waals surface area (Å²) in [5.41, 5.74) is 3.44. The first kappa shape index (κ1) is 12.4. The molecule has 0 spiro atoms. The Morgan fingerprint density at radius 3 is 2.79 bits per heavy atom. The van der Waals surface area contributed by atoms with Crippen LogP contribution in [-0.2, 0) is 6.42 Å². The zero-order valence-electron chi connectivity index (χ0n) is 10.8. The molecule has 3 rings (SSSR count). The normalized spacial score (nSPS) is 12.9. The molecule has 1 N–H and O–H groups in total.